The monoisotopic (exact) mass is 321 g/mol. The first kappa shape index (κ1) is 16.2. The molecule has 0 bridgehead atoms. The topological polar surface area (TPSA) is 106 Å². The van der Waals surface area contributed by atoms with Gasteiger partial charge in [0.1, 0.15) is 18.2 Å². The molecular weight excluding hydrogens is 302 g/mol. The van der Waals surface area contributed by atoms with E-state index in [1.54, 1.807) is 6.92 Å². The van der Waals surface area contributed by atoms with Crippen LogP contribution in [0, 0.1) is 0 Å². The minimum atomic E-state index is -1.05. The standard InChI is InChI=1S/C15H19N3O5/c1-15(9-6-4-3-5-7-9)21-8-10-13(23-15)12(19)11(17-18-16)14(20-2)22-10/h3-7,10-14,19H,8H2,1-2H3. The van der Waals surface area contributed by atoms with Crippen LogP contribution in [0.1, 0.15) is 12.5 Å². The van der Waals surface area contributed by atoms with Crippen molar-refractivity contribution in [3.63, 3.8) is 0 Å². The van der Waals surface area contributed by atoms with Gasteiger partial charge in [-0.3, -0.25) is 0 Å². The third kappa shape index (κ3) is 2.92. The van der Waals surface area contributed by atoms with E-state index in [2.05, 4.69) is 10.0 Å². The Hall–Kier alpha value is -1.67. The molecule has 124 valence electrons. The van der Waals surface area contributed by atoms with Gasteiger partial charge in [-0.1, -0.05) is 35.4 Å². The number of rotatable bonds is 3. The van der Waals surface area contributed by atoms with Crippen molar-refractivity contribution in [1.82, 2.24) is 0 Å². The number of hydrogen-bond donors (Lipinski definition) is 1. The largest absolute Gasteiger partial charge is 0.390 e. The van der Waals surface area contributed by atoms with Gasteiger partial charge in [0.25, 0.3) is 0 Å². The lowest BCUT2D eigenvalue weighted by atomic mass is 9.95. The van der Waals surface area contributed by atoms with E-state index in [0.717, 1.165) is 5.56 Å². The van der Waals surface area contributed by atoms with Gasteiger partial charge in [-0.2, -0.15) is 0 Å². The van der Waals surface area contributed by atoms with Gasteiger partial charge in [-0.15, -0.1) is 0 Å². The van der Waals surface area contributed by atoms with E-state index in [0.29, 0.717) is 0 Å². The molecule has 2 aliphatic rings. The van der Waals surface area contributed by atoms with Crippen LogP contribution in [0.3, 0.4) is 0 Å². The van der Waals surface area contributed by atoms with E-state index in [1.165, 1.54) is 7.11 Å². The summed E-state index contributed by atoms with van der Waals surface area (Å²) in [5.41, 5.74) is 9.53. The summed E-state index contributed by atoms with van der Waals surface area (Å²) in [5.74, 6) is -1.01. The zero-order valence-corrected chi connectivity index (χ0v) is 12.9. The maximum atomic E-state index is 10.6. The average molecular weight is 321 g/mol. The second-order valence-corrected chi connectivity index (χ2v) is 5.67. The number of aliphatic hydroxyl groups is 1. The molecule has 2 fully saturated rings. The normalized spacial score (nSPS) is 40.0. The number of benzene rings is 1. The van der Waals surface area contributed by atoms with Gasteiger partial charge in [-0.25, -0.2) is 0 Å². The molecule has 23 heavy (non-hydrogen) atoms. The molecule has 1 aromatic carbocycles. The predicted molar refractivity (Wildman–Crippen MR) is 79.2 cm³/mol. The van der Waals surface area contributed by atoms with Gasteiger partial charge >= 0.3 is 0 Å². The predicted octanol–water partition coefficient (Wildman–Crippen LogP) is 1.69. The van der Waals surface area contributed by atoms with E-state index in [9.17, 15) is 5.11 Å². The molecule has 8 nitrogen and oxygen atoms in total. The Kier molecular flexibility index (Phi) is 4.54. The van der Waals surface area contributed by atoms with Crippen LogP contribution in [0.4, 0.5) is 0 Å². The summed E-state index contributed by atoms with van der Waals surface area (Å²) in [6.45, 7) is 2.02. The Bertz CT molecular complexity index is 594. The van der Waals surface area contributed by atoms with Crippen molar-refractivity contribution in [1.29, 1.82) is 0 Å². The van der Waals surface area contributed by atoms with Gasteiger partial charge in [0.15, 0.2) is 12.1 Å². The summed E-state index contributed by atoms with van der Waals surface area (Å²) >= 11 is 0. The van der Waals surface area contributed by atoms with E-state index < -0.39 is 36.4 Å². The molecular formula is C15H19N3O5. The van der Waals surface area contributed by atoms with E-state index in [1.807, 2.05) is 30.3 Å². The molecule has 6 atom stereocenters. The Balaban J connectivity index is 1.85. The SMILES string of the molecule is COC1OC2COC(C)(c3ccccc3)OC2C(O)C1N=[N+]=[N-]. The Morgan fingerprint density at radius 1 is 1.39 bits per heavy atom. The first-order valence-corrected chi connectivity index (χ1v) is 7.37. The van der Waals surface area contributed by atoms with Gasteiger partial charge < -0.3 is 24.1 Å². The summed E-state index contributed by atoms with van der Waals surface area (Å²) in [5, 5.41) is 14.2. The Morgan fingerprint density at radius 3 is 2.78 bits per heavy atom. The third-order valence-electron chi connectivity index (χ3n) is 4.24. The maximum Gasteiger partial charge on any atom is 0.192 e. The van der Waals surface area contributed by atoms with Crippen LogP contribution < -0.4 is 0 Å². The summed E-state index contributed by atoms with van der Waals surface area (Å²) in [6, 6.07) is 8.56. The van der Waals surface area contributed by atoms with Crippen LogP contribution in [0.25, 0.3) is 10.4 Å². The van der Waals surface area contributed by atoms with Crippen molar-refractivity contribution in [2.24, 2.45) is 5.11 Å². The summed E-state index contributed by atoms with van der Waals surface area (Å²) in [4.78, 5) is 2.76. The highest BCUT2D eigenvalue weighted by molar-refractivity contribution is 5.20. The van der Waals surface area contributed by atoms with Gasteiger partial charge in [0, 0.05) is 17.6 Å². The molecule has 0 aliphatic carbocycles. The highest BCUT2D eigenvalue weighted by Gasteiger charge is 2.52. The minimum absolute atomic E-state index is 0.232. The van der Waals surface area contributed by atoms with Crippen molar-refractivity contribution < 1.29 is 24.1 Å². The number of azide groups is 1. The van der Waals surface area contributed by atoms with E-state index >= 15 is 0 Å². The van der Waals surface area contributed by atoms with Gasteiger partial charge in [0.2, 0.25) is 0 Å². The number of hydrogen-bond acceptors (Lipinski definition) is 6. The Labute approximate surface area is 133 Å². The molecule has 0 radical (unpaired) electrons. The summed E-state index contributed by atoms with van der Waals surface area (Å²) in [7, 11) is 1.43. The molecule has 6 unspecified atom stereocenters. The van der Waals surface area contributed by atoms with Crippen LogP contribution in [0.15, 0.2) is 35.4 Å². The van der Waals surface area contributed by atoms with Crippen molar-refractivity contribution in [3.8, 4) is 0 Å². The lowest BCUT2D eigenvalue weighted by Gasteiger charge is -2.49. The average Bonchev–Trinajstić information content (AvgIpc) is 2.59. The smallest absolute Gasteiger partial charge is 0.192 e. The molecule has 0 aromatic heterocycles. The second-order valence-electron chi connectivity index (χ2n) is 5.67. The lowest BCUT2D eigenvalue weighted by Crippen LogP contribution is -2.63. The minimum Gasteiger partial charge on any atom is -0.390 e. The fourth-order valence-corrected chi connectivity index (χ4v) is 2.99. The third-order valence-corrected chi connectivity index (χ3v) is 4.24. The first-order valence-electron chi connectivity index (χ1n) is 7.37. The van der Waals surface area contributed by atoms with E-state index in [4.69, 9.17) is 24.5 Å². The molecule has 0 saturated carbocycles. The van der Waals surface area contributed by atoms with Crippen molar-refractivity contribution >= 4 is 0 Å². The molecule has 2 heterocycles. The van der Waals surface area contributed by atoms with Crippen molar-refractivity contribution in [3.05, 3.63) is 46.3 Å². The van der Waals surface area contributed by atoms with Gasteiger partial charge in [-0.05, 0) is 12.5 Å². The molecule has 2 aliphatic heterocycles. The zero-order chi connectivity index (χ0) is 16.4. The fraction of sp³-hybridized carbons (Fsp3) is 0.600. The molecule has 0 amide bonds. The first-order chi connectivity index (χ1) is 11.1. The highest BCUT2D eigenvalue weighted by atomic mass is 16.8. The fourth-order valence-electron chi connectivity index (χ4n) is 2.99. The zero-order valence-electron chi connectivity index (χ0n) is 12.9. The van der Waals surface area contributed by atoms with Crippen molar-refractivity contribution in [2.75, 3.05) is 13.7 Å². The lowest BCUT2D eigenvalue weighted by molar-refractivity contribution is -0.376. The summed E-state index contributed by atoms with van der Waals surface area (Å²) in [6.07, 6.45) is -3.08. The Morgan fingerprint density at radius 2 is 2.13 bits per heavy atom. The summed E-state index contributed by atoms with van der Waals surface area (Å²) < 4.78 is 22.7. The van der Waals surface area contributed by atoms with Crippen LogP contribution in [-0.2, 0) is 24.7 Å². The van der Waals surface area contributed by atoms with Crippen LogP contribution in [0.5, 0.6) is 0 Å². The maximum absolute atomic E-state index is 10.6. The van der Waals surface area contributed by atoms with Crippen molar-refractivity contribution in [2.45, 2.75) is 43.4 Å². The number of nitrogens with zero attached hydrogens (tertiary/aromatic N) is 3. The van der Waals surface area contributed by atoms with Gasteiger partial charge in [0.05, 0.1) is 12.7 Å². The molecule has 0 spiro atoms. The van der Waals surface area contributed by atoms with Crippen LogP contribution >= 0.6 is 0 Å². The quantitative estimate of drug-likeness (QED) is 0.518. The number of aliphatic hydroxyl groups excluding tert-OH is 1. The van der Waals surface area contributed by atoms with Crippen LogP contribution in [0.2, 0.25) is 0 Å². The molecule has 8 heteroatoms. The molecule has 1 aromatic rings. The number of ether oxygens (including phenoxy) is 4. The molecule has 2 saturated heterocycles. The molecule has 3 rings (SSSR count). The second kappa shape index (κ2) is 6.45. The highest BCUT2D eigenvalue weighted by Crippen LogP contribution is 2.38. The number of methoxy groups -OCH3 is 1. The van der Waals surface area contributed by atoms with E-state index in [-0.39, 0.29) is 6.61 Å². The molecule has 1 N–H and O–H groups in total. The number of fused-ring (bicyclic) bond motifs is 1. The van der Waals surface area contributed by atoms with Crippen LogP contribution in [-0.4, -0.2) is 49.5 Å².